The Morgan fingerprint density at radius 3 is 2.56 bits per heavy atom. The summed E-state index contributed by atoms with van der Waals surface area (Å²) in [7, 11) is 1.62. The van der Waals surface area contributed by atoms with Gasteiger partial charge in [0.15, 0.2) is 0 Å². The molecular weight excluding hydrogens is 299 g/mol. The van der Waals surface area contributed by atoms with Crippen LogP contribution in [0.4, 0.5) is 10.1 Å². The van der Waals surface area contributed by atoms with E-state index in [0.29, 0.717) is 15.9 Å². The Kier molecular flexibility index (Phi) is 3.72. The predicted octanol–water partition coefficient (Wildman–Crippen LogP) is 3.26. The van der Waals surface area contributed by atoms with Gasteiger partial charge in [0.1, 0.15) is 11.5 Å². The van der Waals surface area contributed by atoms with Crippen molar-refractivity contribution in [3.8, 4) is 0 Å². The zero-order chi connectivity index (χ0) is 13.1. The third-order valence-electron chi connectivity index (χ3n) is 2.48. The van der Waals surface area contributed by atoms with Gasteiger partial charge in [0.2, 0.25) is 0 Å². The van der Waals surface area contributed by atoms with Crippen molar-refractivity contribution in [2.24, 2.45) is 0 Å². The first-order valence-electron chi connectivity index (χ1n) is 5.24. The van der Waals surface area contributed by atoms with E-state index >= 15 is 0 Å². The van der Waals surface area contributed by atoms with E-state index in [1.54, 1.807) is 37.5 Å². The number of carbonyl (C=O) groups is 1. The predicted molar refractivity (Wildman–Crippen MR) is 71.1 cm³/mol. The second-order valence-electron chi connectivity index (χ2n) is 3.67. The Balaban J connectivity index is 2.29. The van der Waals surface area contributed by atoms with Crippen LogP contribution in [0.15, 0.2) is 47.1 Å². The van der Waals surface area contributed by atoms with Crippen LogP contribution >= 0.6 is 15.9 Å². The van der Waals surface area contributed by atoms with Crippen molar-refractivity contribution >= 4 is 27.5 Å². The normalized spacial score (nSPS) is 10.2. The first-order valence-corrected chi connectivity index (χ1v) is 6.03. The lowest BCUT2D eigenvalue weighted by Crippen LogP contribution is -2.27. The molecule has 2 rings (SSSR count). The van der Waals surface area contributed by atoms with E-state index in [4.69, 9.17) is 0 Å². The molecule has 0 N–H and O–H groups in total. The highest BCUT2D eigenvalue weighted by Gasteiger charge is 2.17. The lowest BCUT2D eigenvalue weighted by atomic mass is 10.2. The summed E-state index contributed by atoms with van der Waals surface area (Å²) >= 11 is 3.28. The maximum atomic E-state index is 12.8. The lowest BCUT2D eigenvalue weighted by molar-refractivity contribution is 0.0987. The molecule has 1 aromatic carbocycles. The molecule has 5 heteroatoms. The van der Waals surface area contributed by atoms with E-state index < -0.39 is 0 Å². The monoisotopic (exact) mass is 308 g/mol. The molecule has 0 unspecified atom stereocenters. The van der Waals surface area contributed by atoms with Gasteiger partial charge in [-0.15, -0.1) is 0 Å². The fourth-order valence-electron chi connectivity index (χ4n) is 1.48. The molecule has 0 aliphatic rings. The minimum Gasteiger partial charge on any atom is -0.310 e. The number of halogens is 2. The Hall–Kier alpha value is -1.75. The number of amides is 1. The van der Waals surface area contributed by atoms with Crippen LogP contribution in [0.5, 0.6) is 0 Å². The SMILES string of the molecule is CN(C(=O)c1ncccc1Br)c1ccc(F)cc1. The Bertz CT molecular complexity index is 571. The van der Waals surface area contributed by atoms with Crippen molar-refractivity contribution in [2.45, 2.75) is 0 Å². The van der Waals surface area contributed by atoms with E-state index in [1.807, 2.05) is 0 Å². The number of benzene rings is 1. The smallest absolute Gasteiger partial charge is 0.277 e. The molecule has 2 aromatic rings. The summed E-state index contributed by atoms with van der Waals surface area (Å²) in [4.78, 5) is 17.6. The number of pyridine rings is 1. The Morgan fingerprint density at radius 1 is 1.28 bits per heavy atom. The van der Waals surface area contributed by atoms with Crippen LogP contribution in [0, 0.1) is 5.82 Å². The number of anilines is 1. The molecule has 1 heterocycles. The molecule has 1 amide bonds. The fourth-order valence-corrected chi connectivity index (χ4v) is 1.91. The van der Waals surface area contributed by atoms with Gasteiger partial charge in [-0.3, -0.25) is 4.79 Å². The van der Waals surface area contributed by atoms with Crippen molar-refractivity contribution in [3.63, 3.8) is 0 Å². The van der Waals surface area contributed by atoms with Crippen LogP contribution in [0.1, 0.15) is 10.5 Å². The molecule has 0 fully saturated rings. The van der Waals surface area contributed by atoms with Crippen LogP contribution in [-0.2, 0) is 0 Å². The third-order valence-corrected chi connectivity index (χ3v) is 3.12. The molecule has 0 aliphatic heterocycles. The molecule has 0 saturated carbocycles. The number of hydrogen-bond donors (Lipinski definition) is 0. The standard InChI is InChI=1S/C13H10BrFN2O/c1-17(10-6-4-9(15)5-7-10)13(18)12-11(14)3-2-8-16-12/h2-8H,1H3. The van der Waals surface area contributed by atoms with Crippen molar-refractivity contribution in [2.75, 3.05) is 11.9 Å². The van der Waals surface area contributed by atoms with Crippen LogP contribution in [-0.4, -0.2) is 17.9 Å². The summed E-state index contributed by atoms with van der Waals surface area (Å²) < 4.78 is 13.4. The molecule has 0 atom stereocenters. The average Bonchev–Trinajstić information content (AvgIpc) is 2.38. The molecular formula is C13H10BrFN2O. The van der Waals surface area contributed by atoms with Gasteiger partial charge in [0.25, 0.3) is 5.91 Å². The zero-order valence-corrected chi connectivity index (χ0v) is 11.2. The summed E-state index contributed by atoms with van der Waals surface area (Å²) in [5, 5.41) is 0. The second-order valence-corrected chi connectivity index (χ2v) is 4.53. The molecule has 0 saturated heterocycles. The Labute approximate surface area is 112 Å². The number of aromatic nitrogens is 1. The number of rotatable bonds is 2. The summed E-state index contributed by atoms with van der Waals surface area (Å²) in [6.07, 6.45) is 1.55. The van der Waals surface area contributed by atoms with Gasteiger partial charge in [-0.1, -0.05) is 0 Å². The van der Waals surface area contributed by atoms with Crippen molar-refractivity contribution in [1.29, 1.82) is 0 Å². The molecule has 0 aliphatic carbocycles. The maximum absolute atomic E-state index is 12.8. The minimum absolute atomic E-state index is 0.255. The van der Waals surface area contributed by atoms with Crippen LogP contribution in [0.2, 0.25) is 0 Å². The molecule has 0 spiro atoms. The average molecular weight is 309 g/mol. The van der Waals surface area contributed by atoms with Crippen LogP contribution < -0.4 is 4.90 Å². The summed E-state index contributed by atoms with van der Waals surface area (Å²) in [5.41, 5.74) is 0.934. The van der Waals surface area contributed by atoms with Gasteiger partial charge in [0.05, 0.1) is 0 Å². The van der Waals surface area contributed by atoms with E-state index in [1.165, 1.54) is 17.0 Å². The van der Waals surface area contributed by atoms with Gasteiger partial charge in [-0.2, -0.15) is 0 Å². The quantitative estimate of drug-likeness (QED) is 0.853. The maximum Gasteiger partial charge on any atom is 0.277 e. The number of nitrogens with zero attached hydrogens (tertiary/aromatic N) is 2. The van der Waals surface area contributed by atoms with Crippen molar-refractivity contribution in [3.05, 3.63) is 58.6 Å². The van der Waals surface area contributed by atoms with E-state index in [-0.39, 0.29) is 11.7 Å². The van der Waals surface area contributed by atoms with E-state index in [9.17, 15) is 9.18 Å². The van der Waals surface area contributed by atoms with E-state index in [0.717, 1.165) is 0 Å². The highest BCUT2D eigenvalue weighted by molar-refractivity contribution is 9.10. The summed E-state index contributed by atoms with van der Waals surface area (Å²) in [6.45, 7) is 0. The van der Waals surface area contributed by atoms with E-state index in [2.05, 4.69) is 20.9 Å². The molecule has 92 valence electrons. The van der Waals surface area contributed by atoms with Gasteiger partial charge >= 0.3 is 0 Å². The third kappa shape index (κ3) is 2.56. The van der Waals surface area contributed by atoms with Gasteiger partial charge in [-0.25, -0.2) is 9.37 Å². The topological polar surface area (TPSA) is 33.2 Å². The van der Waals surface area contributed by atoms with Gasteiger partial charge in [0, 0.05) is 23.4 Å². The van der Waals surface area contributed by atoms with Gasteiger partial charge in [-0.05, 0) is 52.3 Å². The Morgan fingerprint density at radius 2 is 1.94 bits per heavy atom. The molecule has 3 nitrogen and oxygen atoms in total. The molecule has 0 bridgehead atoms. The number of hydrogen-bond acceptors (Lipinski definition) is 2. The van der Waals surface area contributed by atoms with Crippen LogP contribution in [0.3, 0.4) is 0 Å². The highest BCUT2D eigenvalue weighted by atomic mass is 79.9. The number of carbonyl (C=O) groups excluding carboxylic acids is 1. The minimum atomic E-state index is -0.335. The second kappa shape index (κ2) is 5.27. The first kappa shape index (κ1) is 12.7. The van der Waals surface area contributed by atoms with Crippen molar-refractivity contribution < 1.29 is 9.18 Å². The zero-order valence-electron chi connectivity index (χ0n) is 9.60. The highest BCUT2D eigenvalue weighted by Crippen LogP contribution is 2.19. The van der Waals surface area contributed by atoms with Crippen molar-refractivity contribution in [1.82, 2.24) is 4.98 Å². The molecule has 1 aromatic heterocycles. The summed E-state index contributed by atoms with van der Waals surface area (Å²) in [6, 6.07) is 9.20. The van der Waals surface area contributed by atoms with Crippen LogP contribution in [0.25, 0.3) is 0 Å². The largest absolute Gasteiger partial charge is 0.310 e. The fraction of sp³-hybridized carbons (Fsp3) is 0.0769. The molecule has 18 heavy (non-hydrogen) atoms. The lowest BCUT2D eigenvalue weighted by Gasteiger charge is -2.17. The first-order chi connectivity index (χ1) is 8.59. The van der Waals surface area contributed by atoms with Gasteiger partial charge < -0.3 is 4.90 Å². The molecule has 0 radical (unpaired) electrons. The summed E-state index contributed by atoms with van der Waals surface area (Å²) in [5.74, 6) is -0.590.